The molecular formula is C15H17NO3S2. The lowest BCUT2D eigenvalue weighted by Crippen LogP contribution is -2.39. The average Bonchev–Trinajstić information content (AvgIpc) is 2.95. The van der Waals surface area contributed by atoms with Crippen molar-refractivity contribution in [3.05, 3.63) is 35.2 Å². The van der Waals surface area contributed by atoms with Crippen molar-refractivity contribution in [1.82, 2.24) is 4.72 Å². The van der Waals surface area contributed by atoms with E-state index < -0.39 is 21.2 Å². The molecule has 4 nitrogen and oxygen atoms in total. The van der Waals surface area contributed by atoms with E-state index in [0.29, 0.717) is 18.4 Å². The second-order valence-electron chi connectivity index (χ2n) is 5.41. The molecule has 0 spiro atoms. The normalized spacial score (nSPS) is 17.0. The lowest BCUT2D eigenvalue weighted by Gasteiger charge is -2.21. The third kappa shape index (κ3) is 3.11. The smallest absolute Gasteiger partial charge is 0.264 e. The molecular weight excluding hydrogens is 306 g/mol. The van der Waals surface area contributed by atoms with Crippen LogP contribution in [0.15, 0.2) is 29.6 Å². The minimum atomic E-state index is -3.57. The molecule has 0 radical (unpaired) electrons. The van der Waals surface area contributed by atoms with Crippen LogP contribution in [-0.2, 0) is 10.0 Å². The number of thiophene rings is 1. The lowest BCUT2D eigenvalue weighted by atomic mass is 10.0. The van der Waals surface area contributed by atoms with E-state index in [0.717, 1.165) is 29.3 Å². The van der Waals surface area contributed by atoms with Gasteiger partial charge in [-0.1, -0.05) is 19.3 Å². The van der Waals surface area contributed by atoms with E-state index in [1.165, 1.54) is 0 Å². The largest absolute Gasteiger partial charge is 0.268 e. The molecule has 112 valence electrons. The Labute approximate surface area is 128 Å². The molecule has 1 saturated carbocycles. The second kappa shape index (κ2) is 5.77. The lowest BCUT2D eigenvalue weighted by molar-refractivity contribution is 0.0981. The number of fused-ring (bicyclic) bond motifs is 1. The Morgan fingerprint density at radius 1 is 1.14 bits per heavy atom. The third-order valence-corrected chi connectivity index (χ3v) is 6.66. The number of hydrogen-bond donors (Lipinski definition) is 1. The molecule has 0 atom stereocenters. The third-order valence-electron chi connectivity index (χ3n) is 3.94. The van der Waals surface area contributed by atoms with Crippen molar-refractivity contribution < 1.29 is 13.2 Å². The van der Waals surface area contributed by atoms with E-state index in [9.17, 15) is 13.2 Å². The Balaban J connectivity index is 1.78. The van der Waals surface area contributed by atoms with Gasteiger partial charge in [-0.15, -0.1) is 11.3 Å². The monoisotopic (exact) mass is 323 g/mol. The number of rotatable bonds is 3. The van der Waals surface area contributed by atoms with E-state index in [-0.39, 0.29) is 0 Å². The van der Waals surface area contributed by atoms with Crippen molar-refractivity contribution in [2.75, 3.05) is 0 Å². The first-order valence-corrected chi connectivity index (χ1v) is 9.52. The topological polar surface area (TPSA) is 63.2 Å². The van der Waals surface area contributed by atoms with Crippen molar-refractivity contribution in [2.45, 2.75) is 37.4 Å². The van der Waals surface area contributed by atoms with Crippen LogP contribution in [0.5, 0.6) is 0 Å². The van der Waals surface area contributed by atoms with Gasteiger partial charge in [0.25, 0.3) is 5.91 Å². The first kappa shape index (κ1) is 14.5. The molecule has 1 aliphatic carbocycles. The van der Waals surface area contributed by atoms with E-state index in [1.807, 2.05) is 17.5 Å². The fourth-order valence-corrected chi connectivity index (χ4v) is 5.02. The molecule has 3 rings (SSSR count). The number of carbonyl (C=O) groups excluding carboxylic acids is 1. The maximum absolute atomic E-state index is 12.3. The molecule has 1 N–H and O–H groups in total. The van der Waals surface area contributed by atoms with Gasteiger partial charge < -0.3 is 0 Å². The zero-order valence-corrected chi connectivity index (χ0v) is 13.2. The summed E-state index contributed by atoms with van der Waals surface area (Å²) in [5.74, 6) is -0.534. The minimum Gasteiger partial charge on any atom is -0.268 e. The number of sulfonamides is 1. The summed E-state index contributed by atoms with van der Waals surface area (Å²) >= 11 is 1.59. The maximum atomic E-state index is 12.3. The zero-order valence-electron chi connectivity index (χ0n) is 11.5. The Bertz CT molecular complexity index is 758. The van der Waals surface area contributed by atoms with Gasteiger partial charge in [0, 0.05) is 10.3 Å². The summed E-state index contributed by atoms with van der Waals surface area (Å²) in [4.78, 5) is 12.2. The molecule has 6 heteroatoms. The van der Waals surface area contributed by atoms with Gasteiger partial charge in [-0.2, -0.15) is 0 Å². The van der Waals surface area contributed by atoms with Gasteiger partial charge in [0.1, 0.15) is 0 Å². The maximum Gasteiger partial charge on any atom is 0.264 e. The molecule has 1 fully saturated rings. The van der Waals surface area contributed by atoms with Crippen LogP contribution in [-0.4, -0.2) is 19.6 Å². The molecule has 2 aromatic rings. The summed E-state index contributed by atoms with van der Waals surface area (Å²) < 4.78 is 27.8. The highest BCUT2D eigenvalue weighted by atomic mass is 32.2. The van der Waals surface area contributed by atoms with Crippen molar-refractivity contribution in [3.8, 4) is 0 Å². The molecule has 0 unspecified atom stereocenters. The van der Waals surface area contributed by atoms with Crippen LogP contribution >= 0.6 is 11.3 Å². The Morgan fingerprint density at radius 2 is 1.90 bits per heavy atom. The highest BCUT2D eigenvalue weighted by molar-refractivity contribution is 7.90. The molecule has 1 aromatic heterocycles. The molecule has 1 aliphatic rings. The van der Waals surface area contributed by atoms with Crippen LogP contribution in [0.1, 0.15) is 42.5 Å². The molecule has 0 saturated heterocycles. The van der Waals surface area contributed by atoms with E-state index in [2.05, 4.69) is 4.72 Å². The van der Waals surface area contributed by atoms with Crippen LogP contribution in [0.2, 0.25) is 0 Å². The number of hydrogen-bond acceptors (Lipinski definition) is 4. The van der Waals surface area contributed by atoms with Gasteiger partial charge in [0.2, 0.25) is 10.0 Å². The van der Waals surface area contributed by atoms with E-state index >= 15 is 0 Å². The van der Waals surface area contributed by atoms with Crippen LogP contribution in [0, 0.1) is 0 Å². The van der Waals surface area contributed by atoms with Crippen molar-refractivity contribution in [2.24, 2.45) is 0 Å². The molecule has 1 amide bonds. The molecule has 0 bridgehead atoms. The van der Waals surface area contributed by atoms with E-state index in [1.54, 1.807) is 23.5 Å². The minimum absolute atomic E-state index is 0.389. The fraction of sp³-hybridized carbons (Fsp3) is 0.400. The summed E-state index contributed by atoms with van der Waals surface area (Å²) in [7, 11) is -3.57. The van der Waals surface area contributed by atoms with Crippen molar-refractivity contribution in [3.63, 3.8) is 0 Å². The summed E-state index contributed by atoms with van der Waals surface area (Å²) in [5.41, 5.74) is 0.389. The number of benzene rings is 1. The number of carbonyl (C=O) groups is 1. The highest BCUT2D eigenvalue weighted by Gasteiger charge is 2.29. The van der Waals surface area contributed by atoms with E-state index in [4.69, 9.17) is 0 Å². The summed E-state index contributed by atoms with van der Waals surface area (Å²) in [5, 5.41) is 2.48. The van der Waals surface area contributed by atoms with Gasteiger partial charge in [-0.3, -0.25) is 4.79 Å². The molecule has 1 aromatic carbocycles. The van der Waals surface area contributed by atoms with Gasteiger partial charge in [-0.05, 0) is 47.9 Å². The van der Waals surface area contributed by atoms with Gasteiger partial charge in [0.05, 0.1) is 5.25 Å². The van der Waals surface area contributed by atoms with Gasteiger partial charge in [0.15, 0.2) is 0 Å². The zero-order chi connectivity index (χ0) is 14.9. The molecule has 0 aliphatic heterocycles. The van der Waals surface area contributed by atoms with Crippen LogP contribution in [0.4, 0.5) is 0 Å². The Morgan fingerprint density at radius 3 is 2.67 bits per heavy atom. The average molecular weight is 323 g/mol. The first-order valence-electron chi connectivity index (χ1n) is 7.09. The SMILES string of the molecule is O=C(NS(=O)(=O)C1CCCCC1)c1ccc2sccc2c1. The summed E-state index contributed by atoms with van der Waals surface area (Å²) in [6.07, 6.45) is 4.20. The standard InChI is InChI=1S/C15H17NO3S2/c17-15(12-6-7-14-11(10-12)8-9-20-14)16-21(18,19)13-4-2-1-3-5-13/h6-10,13H,1-5H2,(H,16,17). The first-order chi connectivity index (χ1) is 10.1. The van der Waals surface area contributed by atoms with Crippen LogP contribution in [0.25, 0.3) is 10.1 Å². The van der Waals surface area contributed by atoms with Gasteiger partial charge >= 0.3 is 0 Å². The fourth-order valence-electron chi connectivity index (χ4n) is 2.75. The van der Waals surface area contributed by atoms with Gasteiger partial charge in [-0.25, -0.2) is 13.1 Å². The van der Waals surface area contributed by atoms with Crippen LogP contribution < -0.4 is 4.72 Å². The van der Waals surface area contributed by atoms with Crippen LogP contribution in [0.3, 0.4) is 0 Å². The van der Waals surface area contributed by atoms with Crippen molar-refractivity contribution >= 4 is 37.4 Å². The predicted molar refractivity (Wildman–Crippen MR) is 85.1 cm³/mol. The summed E-state index contributed by atoms with van der Waals surface area (Å²) in [6.45, 7) is 0. The molecule has 21 heavy (non-hydrogen) atoms. The Kier molecular flexibility index (Phi) is 3.99. The predicted octanol–water partition coefficient (Wildman–Crippen LogP) is 3.29. The van der Waals surface area contributed by atoms with Crippen molar-refractivity contribution in [1.29, 1.82) is 0 Å². The number of nitrogens with one attached hydrogen (secondary N) is 1. The Hall–Kier alpha value is -1.40. The molecule has 1 heterocycles. The second-order valence-corrected chi connectivity index (χ2v) is 8.32. The highest BCUT2D eigenvalue weighted by Crippen LogP contribution is 2.24. The number of amides is 1. The quantitative estimate of drug-likeness (QED) is 0.942. The summed E-state index contributed by atoms with van der Waals surface area (Å²) in [6, 6.07) is 7.18.